The molecule has 2 nitrogen and oxygen atoms in total. The fraction of sp³-hybridized carbons (Fsp3) is 0.714. The first kappa shape index (κ1) is 6.46. The fourth-order valence-corrected chi connectivity index (χ4v) is 0.741. The summed E-state index contributed by atoms with van der Waals surface area (Å²) in [6.07, 6.45) is 0.964. The Bertz CT molecular complexity index is 131. The molecule has 0 saturated carbocycles. The zero-order valence-corrected chi connectivity index (χ0v) is 5.94. The predicted molar refractivity (Wildman–Crippen MR) is 34.9 cm³/mol. The molecule has 0 aliphatic carbocycles. The molecule has 52 valence electrons. The Labute approximate surface area is 55.5 Å². The quantitative estimate of drug-likeness (QED) is 0.534. The van der Waals surface area contributed by atoms with Gasteiger partial charge in [0.05, 0.1) is 0 Å². The molecule has 0 aromatic rings. The van der Waals surface area contributed by atoms with Gasteiger partial charge in [0, 0.05) is 0 Å². The average Bonchev–Trinajstić information content (AvgIpc) is 2.13. The van der Waals surface area contributed by atoms with Crippen LogP contribution >= 0.6 is 0 Å². The summed E-state index contributed by atoms with van der Waals surface area (Å²) in [5.41, 5.74) is -0.114. The lowest BCUT2D eigenvalue weighted by atomic mass is 10.1. The third kappa shape index (κ3) is 1.18. The highest BCUT2D eigenvalue weighted by Gasteiger charge is 2.32. The van der Waals surface area contributed by atoms with Crippen LogP contribution in [0.25, 0.3) is 0 Å². The maximum absolute atomic E-state index is 5.28. The monoisotopic (exact) mass is 128 g/mol. The van der Waals surface area contributed by atoms with Crippen LogP contribution in [0.2, 0.25) is 0 Å². The molecule has 0 aromatic heterocycles. The molecule has 0 spiro atoms. The molecule has 0 aromatic carbocycles. The Morgan fingerprint density at radius 2 is 2.44 bits per heavy atom. The van der Waals surface area contributed by atoms with Gasteiger partial charge in [0.1, 0.15) is 12.2 Å². The first-order valence-electron chi connectivity index (χ1n) is 3.17. The lowest BCUT2D eigenvalue weighted by Crippen LogP contribution is -2.24. The van der Waals surface area contributed by atoms with Gasteiger partial charge in [0.2, 0.25) is 0 Å². The lowest BCUT2D eigenvalue weighted by Gasteiger charge is -2.16. The predicted octanol–water partition coefficient (Wildman–Crippen LogP) is 1.67. The van der Waals surface area contributed by atoms with E-state index in [9.17, 15) is 0 Å². The molecule has 1 saturated heterocycles. The van der Waals surface area contributed by atoms with E-state index in [1.807, 2.05) is 6.92 Å². The van der Waals surface area contributed by atoms with Crippen molar-refractivity contribution in [1.82, 2.24) is 0 Å². The molecule has 1 aliphatic rings. The molecule has 2 heteroatoms. The maximum Gasteiger partial charge on any atom is 0.272 e. The summed E-state index contributed by atoms with van der Waals surface area (Å²) in [6.45, 7) is 8.28. The summed E-state index contributed by atoms with van der Waals surface area (Å²) in [5, 5.41) is 0. The normalized spacial score (nSPS) is 33.8. The Kier molecular flexibility index (Phi) is 1.39. The smallest absolute Gasteiger partial charge is 0.272 e. The summed E-state index contributed by atoms with van der Waals surface area (Å²) in [7, 11) is 0. The van der Waals surface area contributed by atoms with Crippen molar-refractivity contribution in [3.63, 3.8) is 0 Å². The van der Waals surface area contributed by atoms with Crippen LogP contribution in [0.1, 0.15) is 20.3 Å². The average molecular weight is 128 g/mol. The number of ether oxygens (including phenoxy) is 2. The zero-order valence-electron chi connectivity index (χ0n) is 5.94. The third-order valence-electron chi connectivity index (χ3n) is 1.65. The second-order valence-electron chi connectivity index (χ2n) is 2.57. The van der Waals surface area contributed by atoms with Gasteiger partial charge in [-0.25, -0.2) is 0 Å². The Hall–Kier alpha value is -0.660. The molecule has 9 heavy (non-hydrogen) atoms. The van der Waals surface area contributed by atoms with Crippen molar-refractivity contribution in [3.05, 3.63) is 12.5 Å². The van der Waals surface area contributed by atoms with Crippen LogP contribution in [-0.4, -0.2) is 12.2 Å². The standard InChI is InChI=1S/C7H12O2/c1-4-7(3)5-8-6(2)9-7/h2,4-5H2,1,3H3. The number of hydrogen-bond acceptors (Lipinski definition) is 2. The van der Waals surface area contributed by atoms with Crippen molar-refractivity contribution in [3.8, 4) is 0 Å². The topological polar surface area (TPSA) is 18.5 Å². The van der Waals surface area contributed by atoms with Crippen molar-refractivity contribution < 1.29 is 9.47 Å². The van der Waals surface area contributed by atoms with Gasteiger partial charge in [-0.05, 0) is 19.9 Å². The summed E-state index contributed by atoms with van der Waals surface area (Å²) in [6, 6.07) is 0. The highest BCUT2D eigenvalue weighted by Crippen LogP contribution is 2.26. The summed E-state index contributed by atoms with van der Waals surface area (Å²) >= 11 is 0. The van der Waals surface area contributed by atoms with E-state index in [4.69, 9.17) is 9.47 Å². The van der Waals surface area contributed by atoms with Crippen LogP contribution in [0.15, 0.2) is 12.5 Å². The van der Waals surface area contributed by atoms with Crippen LogP contribution in [0.5, 0.6) is 0 Å². The molecule has 1 aliphatic heterocycles. The molecular formula is C7H12O2. The minimum absolute atomic E-state index is 0.114. The van der Waals surface area contributed by atoms with Crippen LogP contribution in [0.4, 0.5) is 0 Å². The van der Waals surface area contributed by atoms with Gasteiger partial charge >= 0.3 is 0 Å². The lowest BCUT2D eigenvalue weighted by molar-refractivity contribution is 0.0625. The second-order valence-corrected chi connectivity index (χ2v) is 2.57. The van der Waals surface area contributed by atoms with Crippen LogP contribution in [-0.2, 0) is 9.47 Å². The van der Waals surface area contributed by atoms with Gasteiger partial charge < -0.3 is 9.47 Å². The van der Waals surface area contributed by atoms with Crippen LogP contribution < -0.4 is 0 Å². The highest BCUT2D eigenvalue weighted by molar-refractivity contribution is 4.87. The largest absolute Gasteiger partial charge is 0.462 e. The SMILES string of the molecule is C=C1OCC(C)(CC)O1. The van der Waals surface area contributed by atoms with E-state index in [-0.39, 0.29) is 5.60 Å². The van der Waals surface area contributed by atoms with Crippen molar-refractivity contribution in [2.75, 3.05) is 6.61 Å². The molecule has 1 fully saturated rings. The van der Waals surface area contributed by atoms with E-state index in [0.717, 1.165) is 6.42 Å². The van der Waals surface area contributed by atoms with E-state index in [1.165, 1.54) is 0 Å². The molecule has 1 unspecified atom stereocenters. The maximum atomic E-state index is 5.28. The Balaban J connectivity index is 2.54. The van der Waals surface area contributed by atoms with Crippen molar-refractivity contribution in [2.24, 2.45) is 0 Å². The number of rotatable bonds is 1. The van der Waals surface area contributed by atoms with Crippen LogP contribution in [0, 0.1) is 0 Å². The minimum Gasteiger partial charge on any atom is -0.462 e. The molecule has 0 radical (unpaired) electrons. The van der Waals surface area contributed by atoms with Gasteiger partial charge in [0.15, 0.2) is 0 Å². The van der Waals surface area contributed by atoms with E-state index >= 15 is 0 Å². The molecule has 0 N–H and O–H groups in total. The van der Waals surface area contributed by atoms with E-state index in [2.05, 4.69) is 13.5 Å². The summed E-state index contributed by atoms with van der Waals surface area (Å²) < 4.78 is 10.3. The molecule has 0 bridgehead atoms. The van der Waals surface area contributed by atoms with Gasteiger partial charge in [0.25, 0.3) is 5.95 Å². The van der Waals surface area contributed by atoms with Crippen molar-refractivity contribution in [2.45, 2.75) is 25.9 Å². The first-order chi connectivity index (χ1) is 4.16. The molecule has 0 amide bonds. The van der Waals surface area contributed by atoms with Crippen LogP contribution in [0.3, 0.4) is 0 Å². The minimum atomic E-state index is -0.114. The summed E-state index contributed by atoms with van der Waals surface area (Å²) in [4.78, 5) is 0. The van der Waals surface area contributed by atoms with E-state index in [1.54, 1.807) is 0 Å². The van der Waals surface area contributed by atoms with E-state index < -0.39 is 0 Å². The molecule has 1 heterocycles. The first-order valence-corrected chi connectivity index (χ1v) is 3.17. The van der Waals surface area contributed by atoms with Gasteiger partial charge in [-0.3, -0.25) is 0 Å². The van der Waals surface area contributed by atoms with Crippen molar-refractivity contribution >= 4 is 0 Å². The van der Waals surface area contributed by atoms with Gasteiger partial charge in [-0.1, -0.05) is 6.92 Å². The third-order valence-corrected chi connectivity index (χ3v) is 1.65. The Morgan fingerprint density at radius 1 is 1.78 bits per heavy atom. The highest BCUT2D eigenvalue weighted by atomic mass is 16.7. The van der Waals surface area contributed by atoms with Gasteiger partial charge in [-0.2, -0.15) is 0 Å². The number of hydrogen-bond donors (Lipinski definition) is 0. The van der Waals surface area contributed by atoms with E-state index in [0.29, 0.717) is 12.6 Å². The van der Waals surface area contributed by atoms with Crippen molar-refractivity contribution in [1.29, 1.82) is 0 Å². The molecule has 1 rings (SSSR count). The Morgan fingerprint density at radius 3 is 2.67 bits per heavy atom. The molecular weight excluding hydrogens is 116 g/mol. The second kappa shape index (κ2) is 1.94. The fourth-order valence-electron chi connectivity index (χ4n) is 0.741. The summed E-state index contributed by atoms with van der Waals surface area (Å²) in [5.74, 6) is 0.458. The molecule has 1 atom stereocenters. The van der Waals surface area contributed by atoms with Gasteiger partial charge in [-0.15, -0.1) is 0 Å². The zero-order chi connectivity index (χ0) is 6.91.